The van der Waals surface area contributed by atoms with Crippen LogP contribution in [-0.2, 0) is 4.74 Å². The minimum Gasteiger partial charge on any atom is -0.378 e. The van der Waals surface area contributed by atoms with Gasteiger partial charge < -0.3 is 10.5 Å². The minimum absolute atomic E-state index is 0.483. The second-order valence-electron chi connectivity index (χ2n) is 4.31. The van der Waals surface area contributed by atoms with Crippen molar-refractivity contribution < 1.29 is 4.74 Å². The van der Waals surface area contributed by atoms with Gasteiger partial charge in [0.05, 0.1) is 6.10 Å². The zero-order valence-corrected chi connectivity index (χ0v) is 7.67. The Bertz CT molecular complexity index is 143. The van der Waals surface area contributed by atoms with Crippen LogP contribution in [0.4, 0.5) is 0 Å². The number of nitrogens with two attached hydrogens (primary N) is 1. The molecule has 0 aromatic heterocycles. The summed E-state index contributed by atoms with van der Waals surface area (Å²) in [6.07, 6.45) is 8.20. The number of rotatable bonds is 2. The van der Waals surface area contributed by atoms with Gasteiger partial charge in [0.25, 0.3) is 0 Å². The fourth-order valence-electron chi connectivity index (χ4n) is 2.53. The molecule has 2 rings (SSSR count). The van der Waals surface area contributed by atoms with Crippen LogP contribution in [-0.4, -0.2) is 18.8 Å². The lowest BCUT2D eigenvalue weighted by Crippen LogP contribution is -2.16. The molecule has 12 heavy (non-hydrogen) atoms. The van der Waals surface area contributed by atoms with Crippen LogP contribution in [0.5, 0.6) is 0 Å². The molecule has 2 nitrogen and oxygen atoms in total. The fourth-order valence-corrected chi connectivity index (χ4v) is 2.53. The molecule has 2 aliphatic rings. The average Bonchev–Trinajstić information content (AvgIpc) is 2.63. The van der Waals surface area contributed by atoms with Gasteiger partial charge in [0, 0.05) is 12.6 Å². The van der Waals surface area contributed by atoms with Gasteiger partial charge in [-0.05, 0) is 44.4 Å². The maximum absolute atomic E-state index is 5.86. The number of hydrogen-bond donors (Lipinski definition) is 1. The molecular formula is C10H19NO. The molecular weight excluding hydrogens is 150 g/mol. The Kier molecular flexibility index (Phi) is 2.66. The first kappa shape index (κ1) is 8.52. The van der Waals surface area contributed by atoms with Crippen LogP contribution in [0.2, 0.25) is 0 Å². The Morgan fingerprint density at radius 2 is 2.17 bits per heavy atom. The van der Waals surface area contributed by atoms with Gasteiger partial charge >= 0.3 is 0 Å². The smallest absolute Gasteiger partial charge is 0.0578 e. The van der Waals surface area contributed by atoms with Gasteiger partial charge in [-0.15, -0.1) is 0 Å². The van der Waals surface area contributed by atoms with Crippen molar-refractivity contribution in [3.8, 4) is 0 Å². The van der Waals surface area contributed by atoms with E-state index >= 15 is 0 Å². The van der Waals surface area contributed by atoms with Gasteiger partial charge in [-0.2, -0.15) is 0 Å². The molecule has 2 N–H and O–H groups in total. The summed E-state index contributed by atoms with van der Waals surface area (Å²) < 4.78 is 5.61. The predicted molar refractivity (Wildman–Crippen MR) is 48.9 cm³/mol. The molecule has 0 spiro atoms. The first-order chi connectivity index (χ1) is 5.84. The lowest BCUT2D eigenvalue weighted by atomic mass is 9.98. The number of hydrogen-bond acceptors (Lipinski definition) is 2. The van der Waals surface area contributed by atoms with Crippen LogP contribution in [0.25, 0.3) is 0 Å². The van der Waals surface area contributed by atoms with Gasteiger partial charge in [-0.25, -0.2) is 0 Å². The predicted octanol–water partition coefficient (Wildman–Crippen LogP) is 1.68. The summed E-state index contributed by atoms with van der Waals surface area (Å²) in [6, 6.07) is 0.483. The Morgan fingerprint density at radius 1 is 1.25 bits per heavy atom. The first-order valence-electron chi connectivity index (χ1n) is 5.22. The van der Waals surface area contributed by atoms with Gasteiger partial charge in [-0.1, -0.05) is 0 Å². The molecule has 1 aliphatic heterocycles. The summed E-state index contributed by atoms with van der Waals surface area (Å²) >= 11 is 0. The van der Waals surface area contributed by atoms with Crippen molar-refractivity contribution in [3.05, 3.63) is 0 Å². The molecule has 3 atom stereocenters. The largest absolute Gasteiger partial charge is 0.378 e. The minimum atomic E-state index is 0.483. The highest BCUT2D eigenvalue weighted by Gasteiger charge is 2.26. The maximum atomic E-state index is 5.86. The average molecular weight is 169 g/mol. The third kappa shape index (κ3) is 1.99. The van der Waals surface area contributed by atoms with E-state index < -0.39 is 0 Å². The first-order valence-corrected chi connectivity index (χ1v) is 5.22. The molecule has 0 radical (unpaired) electrons. The summed E-state index contributed by atoms with van der Waals surface area (Å²) in [4.78, 5) is 0. The van der Waals surface area contributed by atoms with Gasteiger partial charge in [0.1, 0.15) is 0 Å². The molecule has 2 heteroatoms. The van der Waals surface area contributed by atoms with Gasteiger partial charge in [0.15, 0.2) is 0 Å². The summed E-state index contributed by atoms with van der Waals surface area (Å²) in [5, 5.41) is 0. The van der Waals surface area contributed by atoms with Crippen molar-refractivity contribution in [3.63, 3.8) is 0 Å². The molecule has 2 fully saturated rings. The van der Waals surface area contributed by atoms with E-state index in [9.17, 15) is 0 Å². The van der Waals surface area contributed by atoms with E-state index in [1.807, 2.05) is 0 Å². The van der Waals surface area contributed by atoms with Crippen molar-refractivity contribution in [2.75, 3.05) is 6.61 Å². The molecule has 1 aliphatic carbocycles. The Labute approximate surface area is 74.5 Å². The van der Waals surface area contributed by atoms with E-state index in [-0.39, 0.29) is 0 Å². The van der Waals surface area contributed by atoms with E-state index in [0.29, 0.717) is 12.1 Å². The van der Waals surface area contributed by atoms with Crippen molar-refractivity contribution >= 4 is 0 Å². The van der Waals surface area contributed by atoms with Crippen molar-refractivity contribution in [2.45, 2.75) is 50.7 Å². The van der Waals surface area contributed by atoms with Crippen LogP contribution >= 0.6 is 0 Å². The molecule has 1 heterocycles. The summed E-state index contributed by atoms with van der Waals surface area (Å²) in [5.74, 6) is 0.864. The van der Waals surface area contributed by atoms with E-state index in [1.165, 1.54) is 38.5 Å². The molecule has 0 amide bonds. The van der Waals surface area contributed by atoms with Crippen LogP contribution in [0, 0.1) is 5.92 Å². The van der Waals surface area contributed by atoms with E-state index in [1.54, 1.807) is 0 Å². The topological polar surface area (TPSA) is 35.2 Å². The normalized spacial score (nSPS) is 42.2. The Hall–Kier alpha value is -0.0800. The van der Waals surface area contributed by atoms with Crippen LogP contribution < -0.4 is 5.73 Å². The third-order valence-corrected chi connectivity index (χ3v) is 3.20. The lowest BCUT2D eigenvalue weighted by molar-refractivity contribution is 0.0901. The standard InChI is InChI=1S/C10H19NO/c11-9-4-3-8(6-9)7-10-2-1-5-12-10/h8-10H,1-7,11H2. The fraction of sp³-hybridized carbons (Fsp3) is 1.00. The highest BCUT2D eigenvalue weighted by Crippen LogP contribution is 2.31. The Balaban J connectivity index is 1.72. The molecule has 70 valence electrons. The van der Waals surface area contributed by atoms with Gasteiger partial charge in [0.2, 0.25) is 0 Å². The monoisotopic (exact) mass is 169 g/mol. The third-order valence-electron chi connectivity index (χ3n) is 3.20. The highest BCUT2D eigenvalue weighted by atomic mass is 16.5. The summed E-state index contributed by atoms with van der Waals surface area (Å²) in [6.45, 7) is 0.990. The zero-order valence-electron chi connectivity index (χ0n) is 7.67. The van der Waals surface area contributed by atoms with Crippen LogP contribution in [0.3, 0.4) is 0 Å². The molecule has 0 aromatic rings. The number of ether oxygens (including phenoxy) is 1. The molecule has 1 saturated heterocycles. The SMILES string of the molecule is NC1CCC(CC2CCCO2)C1. The maximum Gasteiger partial charge on any atom is 0.0578 e. The summed E-state index contributed by atoms with van der Waals surface area (Å²) in [7, 11) is 0. The molecule has 0 bridgehead atoms. The van der Waals surface area contributed by atoms with E-state index in [4.69, 9.17) is 10.5 Å². The van der Waals surface area contributed by atoms with E-state index in [2.05, 4.69) is 0 Å². The van der Waals surface area contributed by atoms with Crippen molar-refractivity contribution in [1.82, 2.24) is 0 Å². The lowest BCUT2D eigenvalue weighted by Gasteiger charge is -2.14. The quantitative estimate of drug-likeness (QED) is 0.682. The summed E-state index contributed by atoms with van der Waals surface area (Å²) in [5.41, 5.74) is 5.86. The molecule has 0 aromatic carbocycles. The van der Waals surface area contributed by atoms with Gasteiger partial charge in [-0.3, -0.25) is 0 Å². The molecule has 3 unspecified atom stereocenters. The second kappa shape index (κ2) is 3.75. The van der Waals surface area contributed by atoms with Crippen molar-refractivity contribution in [2.24, 2.45) is 11.7 Å². The van der Waals surface area contributed by atoms with Crippen LogP contribution in [0.15, 0.2) is 0 Å². The molecule has 1 saturated carbocycles. The van der Waals surface area contributed by atoms with E-state index in [0.717, 1.165) is 12.5 Å². The second-order valence-corrected chi connectivity index (χ2v) is 4.31. The van der Waals surface area contributed by atoms with Crippen molar-refractivity contribution in [1.29, 1.82) is 0 Å². The zero-order chi connectivity index (χ0) is 8.39. The van der Waals surface area contributed by atoms with Crippen LogP contribution in [0.1, 0.15) is 38.5 Å². The highest BCUT2D eigenvalue weighted by molar-refractivity contribution is 4.80. The Morgan fingerprint density at radius 3 is 2.75 bits per heavy atom.